The highest BCUT2D eigenvalue weighted by Crippen LogP contribution is 1.89. The standard InChI is InChI=1S/C3H4FOS/c4-1-2-6-3-5/h1-2H2. The van der Waals surface area contributed by atoms with Gasteiger partial charge in [-0.15, -0.1) is 0 Å². The van der Waals surface area contributed by atoms with Gasteiger partial charge in [0.1, 0.15) is 0 Å². The molecule has 1 nitrogen and oxygen atoms in total. The van der Waals surface area contributed by atoms with E-state index in [9.17, 15) is 9.18 Å². The number of thioether (sulfide) groups is 1. The first-order valence-electron chi connectivity index (χ1n) is 1.46. The van der Waals surface area contributed by atoms with Crippen molar-refractivity contribution in [2.24, 2.45) is 0 Å². The molecule has 0 atom stereocenters. The number of carbonyl (C=O) groups excluding carboxylic acids is 1. The Balaban J connectivity index is 2.49. The van der Waals surface area contributed by atoms with Gasteiger partial charge in [0, 0.05) is 5.75 Å². The summed E-state index contributed by atoms with van der Waals surface area (Å²) < 4.78 is 11.0. The van der Waals surface area contributed by atoms with E-state index in [4.69, 9.17) is 0 Å². The topological polar surface area (TPSA) is 17.1 Å². The highest BCUT2D eigenvalue weighted by atomic mass is 32.2. The van der Waals surface area contributed by atoms with Gasteiger partial charge in [0.15, 0.2) is 0 Å². The fourth-order valence-electron chi connectivity index (χ4n) is 0.0802. The quantitative estimate of drug-likeness (QED) is 0.495. The van der Waals surface area contributed by atoms with Gasteiger partial charge in [-0.25, -0.2) is 0 Å². The summed E-state index contributed by atoms with van der Waals surface area (Å²) in [6.45, 7) is -0.445. The SMILES string of the molecule is O=[C]SCCF. The molecule has 0 aromatic carbocycles. The van der Waals surface area contributed by atoms with Crippen LogP contribution in [0, 0.1) is 0 Å². The zero-order chi connectivity index (χ0) is 4.83. The van der Waals surface area contributed by atoms with Crippen LogP contribution in [-0.4, -0.2) is 18.0 Å². The van der Waals surface area contributed by atoms with Crippen LogP contribution in [0.25, 0.3) is 0 Å². The zero-order valence-electron chi connectivity index (χ0n) is 3.11. The fourth-order valence-corrected chi connectivity index (χ4v) is 0.241. The third kappa shape index (κ3) is 3.95. The van der Waals surface area contributed by atoms with Crippen molar-refractivity contribution in [2.45, 2.75) is 0 Å². The second-order valence-electron chi connectivity index (χ2n) is 0.621. The number of alkyl halides is 1. The molecule has 35 valence electrons. The molecule has 0 unspecified atom stereocenters. The Bertz CT molecular complexity index is 39.8. The van der Waals surface area contributed by atoms with Crippen molar-refractivity contribution in [1.29, 1.82) is 0 Å². The predicted octanol–water partition coefficient (Wildman–Crippen LogP) is 0.756. The second-order valence-corrected chi connectivity index (χ2v) is 1.48. The largest absolute Gasteiger partial charge is 0.277 e. The minimum Gasteiger partial charge on any atom is -0.277 e. The molecule has 0 aliphatic carbocycles. The summed E-state index contributed by atoms with van der Waals surface area (Å²) in [6.07, 6.45) is 0. The molecule has 0 saturated carbocycles. The molecule has 0 aliphatic rings. The Labute approximate surface area is 39.9 Å². The zero-order valence-corrected chi connectivity index (χ0v) is 3.93. The first-order valence-corrected chi connectivity index (χ1v) is 2.45. The molecule has 0 aromatic heterocycles. The van der Waals surface area contributed by atoms with E-state index in [-0.39, 0.29) is 5.75 Å². The molecule has 0 rings (SSSR count). The monoisotopic (exact) mass is 107 g/mol. The summed E-state index contributed by atoms with van der Waals surface area (Å²) in [5, 5.41) is 0. The van der Waals surface area contributed by atoms with Gasteiger partial charge in [-0.05, 0) is 0 Å². The second kappa shape index (κ2) is 4.95. The number of hydrogen-bond acceptors (Lipinski definition) is 2. The third-order valence-electron chi connectivity index (χ3n) is 0.238. The number of hydrogen-bond donors (Lipinski definition) is 0. The maximum absolute atomic E-state index is 11.0. The average Bonchev–Trinajstić information content (AvgIpc) is 1.61. The Kier molecular flexibility index (Phi) is 4.91. The molecular weight excluding hydrogens is 103 g/mol. The smallest absolute Gasteiger partial charge is 0.266 e. The maximum atomic E-state index is 11.0. The van der Waals surface area contributed by atoms with Gasteiger partial charge in [0.05, 0.1) is 6.67 Å². The summed E-state index contributed by atoms with van der Waals surface area (Å²) >= 11 is 0.828. The van der Waals surface area contributed by atoms with E-state index in [0.29, 0.717) is 0 Å². The predicted molar refractivity (Wildman–Crippen MR) is 24.1 cm³/mol. The van der Waals surface area contributed by atoms with Gasteiger partial charge in [0.2, 0.25) is 0 Å². The summed E-state index contributed by atoms with van der Waals surface area (Å²) in [5.41, 5.74) is 1.50. The summed E-state index contributed by atoms with van der Waals surface area (Å²) in [4.78, 5) is 9.24. The minimum absolute atomic E-state index is 0.240. The van der Waals surface area contributed by atoms with Crippen LogP contribution in [0.3, 0.4) is 0 Å². The van der Waals surface area contributed by atoms with Crippen molar-refractivity contribution in [3.63, 3.8) is 0 Å². The molecule has 0 amide bonds. The van der Waals surface area contributed by atoms with Gasteiger partial charge in [-0.3, -0.25) is 9.18 Å². The van der Waals surface area contributed by atoms with E-state index in [1.807, 2.05) is 0 Å². The molecule has 0 aromatic rings. The molecule has 0 bridgehead atoms. The molecule has 0 heterocycles. The van der Waals surface area contributed by atoms with Gasteiger partial charge >= 0.3 is 0 Å². The van der Waals surface area contributed by atoms with Crippen LogP contribution in [-0.2, 0) is 4.79 Å². The molecule has 3 heteroatoms. The number of rotatable bonds is 3. The molecule has 6 heavy (non-hydrogen) atoms. The molecule has 0 saturated heterocycles. The molecule has 1 radical (unpaired) electrons. The van der Waals surface area contributed by atoms with E-state index >= 15 is 0 Å². The highest BCUT2D eigenvalue weighted by Gasteiger charge is 1.79. The van der Waals surface area contributed by atoms with Crippen LogP contribution < -0.4 is 0 Å². The first-order chi connectivity index (χ1) is 2.91. The van der Waals surface area contributed by atoms with Crippen LogP contribution in [0.15, 0.2) is 0 Å². The van der Waals surface area contributed by atoms with Gasteiger partial charge in [0.25, 0.3) is 5.62 Å². The lowest BCUT2D eigenvalue weighted by Gasteiger charge is -1.75. The van der Waals surface area contributed by atoms with Gasteiger partial charge < -0.3 is 0 Å². The third-order valence-corrected chi connectivity index (χ3v) is 0.714. The number of halogens is 1. The van der Waals surface area contributed by atoms with Crippen LogP contribution in [0.1, 0.15) is 0 Å². The first kappa shape index (κ1) is 5.95. The molecule has 0 aliphatic heterocycles. The van der Waals surface area contributed by atoms with Gasteiger partial charge in [-0.1, -0.05) is 11.8 Å². The molecule has 0 fully saturated rings. The Hall–Kier alpha value is -0.0500. The van der Waals surface area contributed by atoms with E-state index in [2.05, 4.69) is 0 Å². The van der Waals surface area contributed by atoms with Gasteiger partial charge in [-0.2, -0.15) is 0 Å². The lowest BCUT2D eigenvalue weighted by molar-refractivity contribution is 0.532. The fraction of sp³-hybridized carbons (Fsp3) is 0.667. The summed E-state index contributed by atoms with van der Waals surface area (Å²) in [5.74, 6) is 0.240. The molecule has 0 N–H and O–H groups in total. The van der Waals surface area contributed by atoms with E-state index in [0.717, 1.165) is 11.8 Å². The summed E-state index contributed by atoms with van der Waals surface area (Å²) in [6, 6.07) is 0. The van der Waals surface area contributed by atoms with Crippen molar-refractivity contribution in [3.8, 4) is 0 Å². The van der Waals surface area contributed by atoms with Crippen LogP contribution in [0.5, 0.6) is 0 Å². The lowest BCUT2D eigenvalue weighted by atomic mass is 10.9. The van der Waals surface area contributed by atoms with Crippen LogP contribution in [0.4, 0.5) is 4.39 Å². The van der Waals surface area contributed by atoms with Crippen molar-refractivity contribution >= 4 is 17.4 Å². The van der Waals surface area contributed by atoms with Crippen molar-refractivity contribution in [1.82, 2.24) is 0 Å². The highest BCUT2D eigenvalue weighted by molar-refractivity contribution is 8.11. The van der Waals surface area contributed by atoms with Crippen molar-refractivity contribution < 1.29 is 9.18 Å². The van der Waals surface area contributed by atoms with Crippen molar-refractivity contribution in [2.75, 3.05) is 12.4 Å². The molecular formula is C3H4FOS. The van der Waals surface area contributed by atoms with Crippen LogP contribution in [0.2, 0.25) is 0 Å². The lowest BCUT2D eigenvalue weighted by Crippen LogP contribution is -1.76. The van der Waals surface area contributed by atoms with E-state index in [1.165, 1.54) is 5.62 Å². The van der Waals surface area contributed by atoms with E-state index < -0.39 is 6.67 Å². The Morgan fingerprint density at radius 3 is 2.67 bits per heavy atom. The summed E-state index contributed by atoms with van der Waals surface area (Å²) in [7, 11) is 0. The van der Waals surface area contributed by atoms with Crippen LogP contribution >= 0.6 is 11.8 Å². The minimum atomic E-state index is -0.445. The maximum Gasteiger partial charge on any atom is 0.266 e. The average molecular weight is 107 g/mol. The Morgan fingerprint density at radius 1 is 1.83 bits per heavy atom. The normalized spacial score (nSPS) is 8.17. The van der Waals surface area contributed by atoms with E-state index in [1.54, 1.807) is 0 Å². The molecule has 0 spiro atoms. The Morgan fingerprint density at radius 2 is 2.50 bits per heavy atom. The van der Waals surface area contributed by atoms with Crippen molar-refractivity contribution in [3.05, 3.63) is 0 Å².